The van der Waals surface area contributed by atoms with Gasteiger partial charge >= 0.3 is 5.97 Å². The molecule has 25 heavy (non-hydrogen) atoms. The number of piperidine rings is 1. The molecule has 0 aliphatic carbocycles. The van der Waals surface area contributed by atoms with Crippen molar-refractivity contribution in [3.63, 3.8) is 0 Å². The Bertz CT molecular complexity index is 593. The van der Waals surface area contributed by atoms with Gasteiger partial charge in [-0.15, -0.1) is 0 Å². The molecule has 1 aromatic rings. The molecule has 0 unspecified atom stereocenters. The van der Waals surface area contributed by atoms with E-state index in [2.05, 4.69) is 10.00 Å². The summed E-state index contributed by atoms with van der Waals surface area (Å²) in [6, 6.07) is 1.89. The Hall–Kier alpha value is -1.89. The smallest absolute Gasteiger partial charge is 0.325 e. The number of hydrogen-bond donors (Lipinski definition) is 1. The first kappa shape index (κ1) is 17.9. The monoisotopic (exact) mass is 348 g/mol. The summed E-state index contributed by atoms with van der Waals surface area (Å²) in [5, 5.41) is 13.2. The summed E-state index contributed by atoms with van der Waals surface area (Å²) >= 11 is 0. The van der Waals surface area contributed by atoms with Gasteiger partial charge in [0.2, 0.25) is 5.91 Å². The molecule has 2 aliphatic heterocycles. The van der Waals surface area contributed by atoms with Crippen molar-refractivity contribution < 1.29 is 14.7 Å². The average molecular weight is 348 g/mol. The van der Waals surface area contributed by atoms with Crippen molar-refractivity contribution in [2.24, 2.45) is 0 Å². The predicted octanol–water partition coefficient (Wildman–Crippen LogP) is 1.55. The number of carbonyl (C=O) groups is 2. The van der Waals surface area contributed by atoms with Crippen molar-refractivity contribution in [3.8, 4) is 0 Å². The third kappa shape index (κ3) is 5.04. The molecule has 0 saturated carbocycles. The molecule has 0 bridgehead atoms. The van der Waals surface area contributed by atoms with Crippen LogP contribution in [0.1, 0.15) is 50.1 Å². The molecule has 3 rings (SSSR count). The van der Waals surface area contributed by atoms with Crippen LogP contribution in [-0.2, 0) is 16.1 Å². The first-order chi connectivity index (χ1) is 12.1. The fraction of sp³-hybridized carbons (Fsp3) is 0.722. The first-order valence-electron chi connectivity index (χ1n) is 9.37. The lowest BCUT2D eigenvalue weighted by Crippen LogP contribution is -2.45. The molecule has 2 fully saturated rings. The van der Waals surface area contributed by atoms with Gasteiger partial charge in [-0.3, -0.25) is 19.2 Å². The van der Waals surface area contributed by atoms with Gasteiger partial charge in [0.15, 0.2) is 0 Å². The molecular formula is C18H28N4O3. The van der Waals surface area contributed by atoms with Gasteiger partial charge in [-0.2, -0.15) is 5.10 Å². The van der Waals surface area contributed by atoms with Crippen molar-refractivity contribution in [3.05, 3.63) is 18.0 Å². The normalized spacial score (nSPS) is 22.6. The van der Waals surface area contributed by atoms with Crippen LogP contribution in [0.3, 0.4) is 0 Å². The molecule has 2 aliphatic rings. The first-order valence-corrected chi connectivity index (χ1v) is 9.37. The van der Waals surface area contributed by atoms with E-state index >= 15 is 0 Å². The number of aromatic nitrogens is 2. The van der Waals surface area contributed by atoms with E-state index in [1.807, 2.05) is 11.0 Å². The second kappa shape index (κ2) is 8.47. The Morgan fingerprint density at radius 3 is 2.56 bits per heavy atom. The van der Waals surface area contributed by atoms with Gasteiger partial charge in [0.1, 0.15) is 6.54 Å². The molecule has 7 nitrogen and oxygen atoms in total. The van der Waals surface area contributed by atoms with E-state index in [1.165, 1.54) is 30.4 Å². The molecular weight excluding hydrogens is 320 g/mol. The average Bonchev–Trinajstić information content (AvgIpc) is 2.90. The highest BCUT2D eigenvalue weighted by Gasteiger charge is 2.27. The maximum atomic E-state index is 12.7. The molecule has 1 atom stereocenters. The molecule has 0 aromatic carbocycles. The Kier molecular flexibility index (Phi) is 6.07. The maximum Gasteiger partial charge on any atom is 0.325 e. The second-order valence-corrected chi connectivity index (χ2v) is 7.20. The van der Waals surface area contributed by atoms with Gasteiger partial charge in [0, 0.05) is 25.2 Å². The third-order valence-corrected chi connectivity index (χ3v) is 5.21. The molecule has 0 radical (unpaired) electrons. The quantitative estimate of drug-likeness (QED) is 0.873. The van der Waals surface area contributed by atoms with E-state index < -0.39 is 5.97 Å². The Balaban J connectivity index is 1.55. The molecule has 2 saturated heterocycles. The van der Waals surface area contributed by atoms with Crippen LogP contribution in [0.5, 0.6) is 0 Å². The van der Waals surface area contributed by atoms with Gasteiger partial charge in [-0.25, -0.2) is 0 Å². The fourth-order valence-corrected chi connectivity index (χ4v) is 3.85. The van der Waals surface area contributed by atoms with E-state index in [9.17, 15) is 9.59 Å². The number of carboxylic acid groups (broad SMARTS) is 1. The minimum Gasteiger partial charge on any atom is -0.480 e. The van der Waals surface area contributed by atoms with E-state index in [-0.39, 0.29) is 18.4 Å². The number of likely N-dealkylation sites (tertiary alicyclic amines) is 2. The highest BCUT2D eigenvalue weighted by molar-refractivity contribution is 5.78. The van der Waals surface area contributed by atoms with Crippen LogP contribution in [0.4, 0.5) is 0 Å². The third-order valence-electron chi connectivity index (χ3n) is 5.21. The Labute approximate surface area is 148 Å². The molecule has 7 heteroatoms. The van der Waals surface area contributed by atoms with Gasteiger partial charge in [-0.1, -0.05) is 12.8 Å². The minimum atomic E-state index is -0.896. The van der Waals surface area contributed by atoms with E-state index in [1.54, 1.807) is 6.20 Å². The van der Waals surface area contributed by atoms with Crippen molar-refractivity contribution in [1.29, 1.82) is 0 Å². The maximum absolute atomic E-state index is 12.7. The lowest BCUT2D eigenvalue weighted by molar-refractivity contribution is -0.138. The minimum absolute atomic E-state index is 0.121. The number of hydrogen-bond acceptors (Lipinski definition) is 4. The topological polar surface area (TPSA) is 78.7 Å². The zero-order valence-corrected chi connectivity index (χ0v) is 14.8. The summed E-state index contributed by atoms with van der Waals surface area (Å²) in [6.07, 6.45) is 8.61. The molecule has 1 N–H and O–H groups in total. The van der Waals surface area contributed by atoms with Crippen LogP contribution in [0.2, 0.25) is 0 Å². The zero-order valence-electron chi connectivity index (χ0n) is 14.8. The highest BCUT2D eigenvalue weighted by Crippen LogP contribution is 2.26. The zero-order chi connectivity index (χ0) is 17.6. The number of carbonyl (C=O) groups excluding carboxylic acids is 1. The second-order valence-electron chi connectivity index (χ2n) is 7.20. The molecule has 138 valence electrons. The number of aliphatic carboxylic acids is 1. The van der Waals surface area contributed by atoms with Crippen molar-refractivity contribution in [2.45, 2.75) is 51.0 Å². The standard InChI is InChI=1S/C18H28N4O3/c23-17(13-20-8-3-1-2-4-9-20)21-10-5-6-15(12-21)16-7-11-22(19-16)14-18(24)25/h7,11,15H,1-6,8-10,12-14H2,(H,24,25)/t15-/m1/s1. The van der Waals surface area contributed by atoms with Gasteiger partial charge in [0.05, 0.1) is 12.2 Å². The van der Waals surface area contributed by atoms with E-state index in [0.717, 1.165) is 38.2 Å². The SMILES string of the molecule is O=C(O)Cn1ccc([C@@H]2CCCN(C(=O)CN3CCCCCC3)C2)n1. The Morgan fingerprint density at radius 1 is 1.08 bits per heavy atom. The van der Waals surface area contributed by atoms with Crippen LogP contribution >= 0.6 is 0 Å². The Morgan fingerprint density at radius 2 is 1.84 bits per heavy atom. The predicted molar refractivity (Wildman–Crippen MR) is 93.3 cm³/mol. The molecule has 1 aromatic heterocycles. The highest BCUT2D eigenvalue weighted by atomic mass is 16.4. The van der Waals surface area contributed by atoms with Crippen molar-refractivity contribution in [2.75, 3.05) is 32.7 Å². The lowest BCUT2D eigenvalue weighted by atomic mass is 9.95. The summed E-state index contributed by atoms with van der Waals surface area (Å²) in [7, 11) is 0. The summed E-state index contributed by atoms with van der Waals surface area (Å²) in [5.41, 5.74) is 0.897. The number of nitrogens with zero attached hydrogens (tertiary/aromatic N) is 4. The summed E-state index contributed by atoms with van der Waals surface area (Å²) in [5.74, 6) is -0.471. The summed E-state index contributed by atoms with van der Waals surface area (Å²) in [6.45, 7) is 3.98. The molecule has 0 spiro atoms. The number of carboxylic acids is 1. The van der Waals surface area contributed by atoms with Crippen LogP contribution in [0.15, 0.2) is 12.3 Å². The van der Waals surface area contributed by atoms with Crippen LogP contribution in [0.25, 0.3) is 0 Å². The van der Waals surface area contributed by atoms with Crippen molar-refractivity contribution >= 4 is 11.9 Å². The summed E-state index contributed by atoms with van der Waals surface area (Å²) in [4.78, 5) is 27.7. The van der Waals surface area contributed by atoms with Gasteiger partial charge < -0.3 is 10.0 Å². The van der Waals surface area contributed by atoms with Gasteiger partial charge in [0.25, 0.3) is 0 Å². The van der Waals surface area contributed by atoms with Crippen LogP contribution in [-0.4, -0.2) is 69.3 Å². The van der Waals surface area contributed by atoms with Gasteiger partial charge in [-0.05, 0) is 44.8 Å². The molecule has 3 heterocycles. The number of amides is 1. The summed E-state index contributed by atoms with van der Waals surface area (Å²) < 4.78 is 1.45. The lowest BCUT2D eigenvalue weighted by Gasteiger charge is -2.33. The van der Waals surface area contributed by atoms with E-state index in [4.69, 9.17) is 5.11 Å². The fourth-order valence-electron chi connectivity index (χ4n) is 3.85. The molecule has 1 amide bonds. The van der Waals surface area contributed by atoms with E-state index in [0.29, 0.717) is 13.1 Å². The van der Waals surface area contributed by atoms with Crippen LogP contribution < -0.4 is 0 Å². The van der Waals surface area contributed by atoms with Crippen LogP contribution in [0, 0.1) is 0 Å². The number of rotatable bonds is 5. The largest absolute Gasteiger partial charge is 0.480 e. The van der Waals surface area contributed by atoms with Crippen molar-refractivity contribution in [1.82, 2.24) is 19.6 Å².